The van der Waals surface area contributed by atoms with Crippen molar-refractivity contribution in [3.8, 4) is 17.2 Å². The molecule has 3 rings (SSSR count). The van der Waals surface area contributed by atoms with Crippen LogP contribution in [0.1, 0.15) is 15.9 Å². The van der Waals surface area contributed by atoms with Gasteiger partial charge in [0.15, 0.2) is 23.9 Å². The number of hydrogen-bond donors (Lipinski definition) is 0. The molecule has 1 aliphatic rings. The standard InChI is InChI=1S/C17H13F3O4/c18-17(19,20)12-3-1-2-4-14(12)24-10-13(21)11-5-6-15-16(9-11)23-8-7-22-15/h1-6,9H,7-8,10H2. The molecule has 0 unspecified atom stereocenters. The number of hydrogen-bond acceptors (Lipinski definition) is 4. The predicted octanol–water partition coefficient (Wildman–Crippen LogP) is 3.74. The van der Waals surface area contributed by atoms with E-state index in [1.807, 2.05) is 0 Å². The molecule has 0 aliphatic carbocycles. The monoisotopic (exact) mass is 338 g/mol. The molecule has 0 spiro atoms. The molecule has 0 fully saturated rings. The summed E-state index contributed by atoms with van der Waals surface area (Å²) < 4.78 is 54.5. The Kier molecular flexibility index (Phi) is 4.33. The molecule has 1 heterocycles. The van der Waals surface area contributed by atoms with Crippen LogP contribution in [0.25, 0.3) is 0 Å². The van der Waals surface area contributed by atoms with Gasteiger partial charge in [-0.1, -0.05) is 12.1 Å². The fourth-order valence-electron chi connectivity index (χ4n) is 2.27. The number of fused-ring (bicyclic) bond motifs is 1. The van der Waals surface area contributed by atoms with Gasteiger partial charge in [-0.15, -0.1) is 0 Å². The topological polar surface area (TPSA) is 44.8 Å². The van der Waals surface area contributed by atoms with E-state index in [4.69, 9.17) is 14.2 Å². The summed E-state index contributed by atoms with van der Waals surface area (Å²) >= 11 is 0. The Morgan fingerprint density at radius 2 is 1.75 bits per heavy atom. The zero-order chi connectivity index (χ0) is 17.2. The van der Waals surface area contributed by atoms with Crippen molar-refractivity contribution in [1.82, 2.24) is 0 Å². The van der Waals surface area contributed by atoms with E-state index in [1.54, 1.807) is 6.07 Å². The van der Waals surface area contributed by atoms with E-state index < -0.39 is 24.1 Å². The Morgan fingerprint density at radius 1 is 1.04 bits per heavy atom. The number of halogens is 3. The van der Waals surface area contributed by atoms with Gasteiger partial charge in [0.25, 0.3) is 0 Å². The fourth-order valence-corrected chi connectivity index (χ4v) is 2.27. The third-order valence-electron chi connectivity index (χ3n) is 3.42. The van der Waals surface area contributed by atoms with Crippen molar-refractivity contribution in [1.29, 1.82) is 0 Å². The second-order valence-corrected chi connectivity index (χ2v) is 5.06. The van der Waals surface area contributed by atoms with Gasteiger partial charge >= 0.3 is 6.18 Å². The van der Waals surface area contributed by atoms with Crippen molar-refractivity contribution >= 4 is 5.78 Å². The lowest BCUT2D eigenvalue weighted by molar-refractivity contribution is -0.138. The van der Waals surface area contributed by atoms with Gasteiger partial charge in [0.2, 0.25) is 0 Å². The summed E-state index contributed by atoms with van der Waals surface area (Å²) in [5.41, 5.74) is -0.635. The maximum atomic E-state index is 12.9. The van der Waals surface area contributed by atoms with E-state index >= 15 is 0 Å². The summed E-state index contributed by atoms with van der Waals surface area (Å²) in [7, 11) is 0. The van der Waals surface area contributed by atoms with Crippen molar-refractivity contribution in [3.63, 3.8) is 0 Å². The van der Waals surface area contributed by atoms with E-state index in [1.165, 1.54) is 30.3 Å². The Hall–Kier alpha value is -2.70. The number of benzene rings is 2. The molecule has 24 heavy (non-hydrogen) atoms. The van der Waals surface area contributed by atoms with E-state index in [2.05, 4.69) is 0 Å². The van der Waals surface area contributed by atoms with Crippen LogP contribution in [0.3, 0.4) is 0 Å². The highest BCUT2D eigenvalue weighted by Gasteiger charge is 2.34. The summed E-state index contributed by atoms with van der Waals surface area (Å²) in [5.74, 6) is 0.128. The number of carbonyl (C=O) groups excluding carboxylic acids is 1. The minimum absolute atomic E-state index is 0.281. The van der Waals surface area contributed by atoms with Gasteiger partial charge in [-0.3, -0.25) is 4.79 Å². The normalized spacial score (nSPS) is 13.5. The van der Waals surface area contributed by atoms with Crippen LogP contribution in [0.4, 0.5) is 13.2 Å². The number of ether oxygens (including phenoxy) is 3. The highest BCUT2D eigenvalue weighted by Crippen LogP contribution is 2.36. The first-order chi connectivity index (χ1) is 11.4. The summed E-state index contributed by atoms with van der Waals surface area (Å²) in [6, 6.07) is 9.37. The SMILES string of the molecule is O=C(COc1ccccc1C(F)(F)F)c1ccc2c(c1)OCCO2. The predicted molar refractivity (Wildman–Crippen MR) is 78.7 cm³/mol. The zero-order valence-electron chi connectivity index (χ0n) is 12.4. The molecule has 0 amide bonds. The van der Waals surface area contributed by atoms with E-state index in [9.17, 15) is 18.0 Å². The van der Waals surface area contributed by atoms with Crippen molar-refractivity contribution in [2.75, 3.05) is 19.8 Å². The molecule has 2 aromatic carbocycles. The Bertz CT molecular complexity index is 756. The average Bonchev–Trinajstić information content (AvgIpc) is 2.58. The Labute approximate surface area is 135 Å². The lowest BCUT2D eigenvalue weighted by atomic mass is 10.1. The van der Waals surface area contributed by atoms with Gasteiger partial charge in [-0.25, -0.2) is 0 Å². The largest absolute Gasteiger partial charge is 0.486 e. The molecular formula is C17H13F3O4. The summed E-state index contributed by atoms with van der Waals surface area (Å²) in [6.07, 6.45) is -4.55. The third kappa shape index (κ3) is 3.45. The highest BCUT2D eigenvalue weighted by atomic mass is 19.4. The van der Waals surface area contributed by atoms with Crippen molar-refractivity contribution in [2.45, 2.75) is 6.18 Å². The average molecular weight is 338 g/mol. The van der Waals surface area contributed by atoms with Crippen molar-refractivity contribution in [3.05, 3.63) is 53.6 Å². The van der Waals surface area contributed by atoms with Gasteiger partial charge in [0, 0.05) is 5.56 Å². The molecule has 126 valence electrons. The molecule has 0 bridgehead atoms. The molecular weight excluding hydrogens is 325 g/mol. The summed E-state index contributed by atoms with van der Waals surface area (Å²) in [4.78, 5) is 12.2. The first-order valence-electron chi connectivity index (χ1n) is 7.17. The molecule has 0 saturated heterocycles. The minimum Gasteiger partial charge on any atom is -0.486 e. The van der Waals surface area contributed by atoms with Crippen LogP contribution >= 0.6 is 0 Å². The third-order valence-corrected chi connectivity index (χ3v) is 3.42. The maximum Gasteiger partial charge on any atom is 0.419 e. The van der Waals surface area contributed by atoms with Gasteiger partial charge in [0.05, 0.1) is 5.56 Å². The molecule has 0 radical (unpaired) electrons. The lowest BCUT2D eigenvalue weighted by Gasteiger charge is -2.18. The van der Waals surface area contributed by atoms with Crippen LogP contribution in [0.5, 0.6) is 17.2 Å². The van der Waals surface area contributed by atoms with Crippen LogP contribution < -0.4 is 14.2 Å². The van der Waals surface area contributed by atoms with Crippen LogP contribution in [0.2, 0.25) is 0 Å². The Balaban J connectivity index is 1.73. The van der Waals surface area contributed by atoms with Crippen LogP contribution in [-0.2, 0) is 6.18 Å². The second-order valence-electron chi connectivity index (χ2n) is 5.06. The number of alkyl halides is 3. The maximum absolute atomic E-state index is 12.9. The lowest BCUT2D eigenvalue weighted by Crippen LogP contribution is -2.17. The quantitative estimate of drug-likeness (QED) is 0.797. The summed E-state index contributed by atoms with van der Waals surface area (Å²) in [5, 5.41) is 0. The number of Topliss-reactive ketones (excluding diaryl/α,β-unsaturated/α-hetero) is 1. The number of ketones is 1. The van der Waals surface area contributed by atoms with Crippen LogP contribution in [0, 0.1) is 0 Å². The van der Waals surface area contributed by atoms with Gasteiger partial charge in [-0.05, 0) is 30.3 Å². The van der Waals surface area contributed by atoms with E-state index in [-0.39, 0.29) is 11.3 Å². The molecule has 1 aliphatic heterocycles. The Morgan fingerprint density at radius 3 is 2.50 bits per heavy atom. The van der Waals surface area contributed by atoms with Gasteiger partial charge < -0.3 is 14.2 Å². The second kappa shape index (κ2) is 6.43. The molecule has 0 aromatic heterocycles. The number of para-hydroxylation sites is 1. The first kappa shape index (κ1) is 16.2. The molecule has 0 N–H and O–H groups in total. The molecule has 0 atom stereocenters. The fraction of sp³-hybridized carbons (Fsp3) is 0.235. The highest BCUT2D eigenvalue weighted by molar-refractivity contribution is 5.97. The van der Waals surface area contributed by atoms with Gasteiger partial charge in [0.1, 0.15) is 19.0 Å². The molecule has 7 heteroatoms. The summed E-state index contributed by atoms with van der Waals surface area (Å²) in [6.45, 7) is 0.296. The van der Waals surface area contributed by atoms with Crippen LogP contribution in [0.15, 0.2) is 42.5 Å². The van der Waals surface area contributed by atoms with Crippen molar-refractivity contribution < 1.29 is 32.2 Å². The van der Waals surface area contributed by atoms with E-state index in [0.717, 1.165) is 6.07 Å². The zero-order valence-corrected chi connectivity index (χ0v) is 12.4. The van der Waals surface area contributed by atoms with Gasteiger partial charge in [-0.2, -0.15) is 13.2 Å². The van der Waals surface area contributed by atoms with Crippen molar-refractivity contribution in [2.24, 2.45) is 0 Å². The smallest absolute Gasteiger partial charge is 0.419 e. The first-order valence-corrected chi connectivity index (χ1v) is 7.17. The van der Waals surface area contributed by atoms with E-state index in [0.29, 0.717) is 24.7 Å². The molecule has 4 nitrogen and oxygen atoms in total. The molecule has 2 aromatic rings. The van der Waals surface area contributed by atoms with Crippen LogP contribution in [-0.4, -0.2) is 25.6 Å². The molecule has 0 saturated carbocycles. The number of rotatable bonds is 4. The number of carbonyl (C=O) groups is 1. The minimum atomic E-state index is -4.55.